The molecule has 2 atom stereocenters. The number of amides is 3. The van der Waals surface area contributed by atoms with Gasteiger partial charge in [0.2, 0.25) is 0 Å². The van der Waals surface area contributed by atoms with Crippen LogP contribution in [-0.2, 0) is 4.79 Å². The largest absolute Gasteiger partial charge is 0.339 e. The lowest BCUT2D eigenvalue weighted by Gasteiger charge is -2.43. The number of anilines is 1. The molecule has 9 heteroatoms. The van der Waals surface area contributed by atoms with Crippen LogP contribution in [0.25, 0.3) is 10.2 Å². The summed E-state index contributed by atoms with van der Waals surface area (Å²) in [6, 6.07) is 13.6. The van der Waals surface area contributed by atoms with Gasteiger partial charge in [-0.05, 0) is 23.8 Å². The van der Waals surface area contributed by atoms with Gasteiger partial charge in [-0.15, -0.1) is 11.6 Å². The molecule has 2 unspecified atom stereocenters. The fourth-order valence-corrected chi connectivity index (χ4v) is 4.23. The molecule has 1 aliphatic rings. The van der Waals surface area contributed by atoms with Crippen molar-refractivity contribution in [2.75, 3.05) is 5.32 Å². The fraction of sp³-hybridized carbons (Fsp3) is 0.118. The first kappa shape index (κ1) is 17.1. The molecule has 0 spiro atoms. The molecular weight excluding hydrogens is 395 g/mol. The highest BCUT2D eigenvalue weighted by molar-refractivity contribution is 7.22. The Morgan fingerprint density at radius 1 is 1.19 bits per heavy atom. The Labute approximate surface area is 162 Å². The summed E-state index contributed by atoms with van der Waals surface area (Å²) in [6.07, 6.45) is 0. The molecule has 1 aromatic heterocycles. The molecule has 2 aromatic carbocycles. The number of carbonyl (C=O) groups is 2. The van der Waals surface area contributed by atoms with Crippen LogP contribution in [0.2, 0.25) is 5.02 Å². The average Bonchev–Trinajstić information content (AvgIpc) is 3.03. The van der Waals surface area contributed by atoms with Gasteiger partial charge in [0.25, 0.3) is 5.91 Å². The monoisotopic (exact) mass is 406 g/mol. The van der Waals surface area contributed by atoms with Crippen molar-refractivity contribution in [3.63, 3.8) is 0 Å². The Bertz CT molecular complexity index is 995. The Balaban J connectivity index is 1.47. The molecule has 26 heavy (non-hydrogen) atoms. The molecule has 1 saturated heterocycles. The maximum atomic E-state index is 12.3. The Morgan fingerprint density at radius 3 is 2.73 bits per heavy atom. The first-order valence-corrected chi connectivity index (χ1v) is 9.32. The van der Waals surface area contributed by atoms with Crippen molar-refractivity contribution >= 4 is 61.8 Å². The molecule has 2 heterocycles. The molecule has 132 valence electrons. The van der Waals surface area contributed by atoms with E-state index in [1.165, 1.54) is 16.3 Å². The van der Waals surface area contributed by atoms with E-state index in [1.807, 2.05) is 30.3 Å². The number of urea groups is 1. The molecule has 0 bridgehead atoms. The van der Waals surface area contributed by atoms with Crippen molar-refractivity contribution in [3.05, 3.63) is 59.1 Å². The zero-order valence-electron chi connectivity index (χ0n) is 13.1. The molecule has 0 saturated carbocycles. The van der Waals surface area contributed by atoms with Gasteiger partial charge >= 0.3 is 6.03 Å². The molecule has 1 aliphatic heterocycles. The highest BCUT2D eigenvalue weighted by Gasteiger charge is 2.48. The van der Waals surface area contributed by atoms with E-state index in [0.29, 0.717) is 10.2 Å². The van der Waals surface area contributed by atoms with Gasteiger partial charge in [0.15, 0.2) is 5.13 Å². The SMILES string of the molecule is O=C(Nc1nc2ccc(Cl)cc2s1)NN1C(=O)C(Cl)C1c1ccccc1. The molecule has 6 nitrogen and oxygen atoms in total. The number of rotatable bonds is 3. The highest BCUT2D eigenvalue weighted by atomic mass is 35.5. The van der Waals surface area contributed by atoms with Crippen molar-refractivity contribution in [1.82, 2.24) is 15.4 Å². The van der Waals surface area contributed by atoms with Crippen LogP contribution in [0.15, 0.2) is 48.5 Å². The Hall–Kier alpha value is -2.35. The van der Waals surface area contributed by atoms with E-state index >= 15 is 0 Å². The fourth-order valence-electron chi connectivity index (χ4n) is 2.73. The molecule has 0 aliphatic carbocycles. The van der Waals surface area contributed by atoms with Crippen LogP contribution in [0.3, 0.4) is 0 Å². The van der Waals surface area contributed by atoms with Gasteiger partial charge in [-0.2, -0.15) is 0 Å². The lowest BCUT2D eigenvalue weighted by molar-refractivity contribution is -0.149. The summed E-state index contributed by atoms with van der Waals surface area (Å²) in [4.78, 5) is 28.6. The second-order valence-corrected chi connectivity index (χ2v) is 7.60. The average molecular weight is 407 g/mol. The molecule has 3 aromatic rings. The van der Waals surface area contributed by atoms with Crippen LogP contribution in [0.1, 0.15) is 11.6 Å². The van der Waals surface area contributed by atoms with Crippen LogP contribution in [0, 0.1) is 0 Å². The van der Waals surface area contributed by atoms with Crippen molar-refractivity contribution in [2.24, 2.45) is 0 Å². The maximum absolute atomic E-state index is 12.3. The number of β-lactam (4-membered cyclic amide) rings is 1. The van der Waals surface area contributed by atoms with Crippen LogP contribution in [-0.4, -0.2) is 27.3 Å². The minimum Gasteiger partial charge on any atom is -0.282 e. The third-order valence-electron chi connectivity index (χ3n) is 3.96. The van der Waals surface area contributed by atoms with E-state index in [9.17, 15) is 9.59 Å². The number of nitrogens with one attached hydrogen (secondary N) is 2. The number of halogens is 2. The maximum Gasteiger partial charge on any atom is 0.339 e. The summed E-state index contributed by atoms with van der Waals surface area (Å²) in [5.41, 5.74) is 4.12. The molecule has 1 fully saturated rings. The molecule has 2 N–H and O–H groups in total. The van der Waals surface area contributed by atoms with E-state index < -0.39 is 17.5 Å². The highest BCUT2D eigenvalue weighted by Crippen LogP contribution is 2.37. The second kappa shape index (κ2) is 6.75. The third kappa shape index (κ3) is 3.09. The first-order valence-electron chi connectivity index (χ1n) is 7.69. The quantitative estimate of drug-likeness (QED) is 0.506. The topological polar surface area (TPSA) is 74.3 Å². The number of aromatic nitrogens is 1. The van der Waals surface area contributed by atoms with Crippen LogP contribution in [0.5, 0.6) is 0 Å². The van der Waals surface area contributed by atoms with Gasteiger partial charge in [-0.25, -0.2) is 20.2 Å². The first-order chi connectivity index (χ1) is 12.5. The predicted octanol–water partition coefficient (Wildman–Crippen LogP) is 4.18. The van der Waals surface area contributed by atoms with Crippen molar-refractivity contribution < 1.29 is 9.59 Å². The van der Waals surface area contributed by atoms with Gasteiger partial charge in [0.1, 0.15) is 11.4 Å². The van der Waals surface area contributed by atoms with Gasteiger partial charge < -0.3 is 0 Å². The third-order valence-corrected chi connectivity index (χ3v) is 5.56. The Morgan fingerprint density at radius 2 is 1.96 bits per heavy atom. The molecule has 3 amide bonds. The summed E-state index contributed by atoms with van der Waals surface area (Å²) < 4.78 is 0.857. The number of thiazole rings is 1. The summed E-state index contributed by atoms with van der Waals surface area (Å²) in [5.74, 6) is -0.355. The van der Waals surface area contributed by atoms with Crippen molar-refractivity contribution in [1.29, 1.82) is 0 Å². The number of hydrogen-bond donors (Lipinski definition) is 2. The number of benzene rings is 2. The Kier molecular flexibility index (Phi) is 4.44. The number of nitrogens with zero attached hydrogens (tertiary/aromatic N) is 2. The lowest BCUT2D eigenvalue weighted by atomic mass is 9.95. The van der Waals surface area contributed by atoms with E-state index in [1.54, 1.807) is 18.2 Å². The predicted molar refractivity (Wildman–Crippen MR) is 102 cm³/mol. The molecular formula is C17H12Cl2N4O2S. The van der Waals surface area contributed by atoms with Crippen molar-refractivity contribution in [2.45, 2.75) is 11.4 Å². The second-order valence-electron chi connectivity index (χ2n) is 5.66. The number of hydrazine groups is 1. The zero-order valence-corrected chi connectivity index (χ0v) is 15.5. The minimum absolute atomic E-state index is 0.355. The van der Waals surface area contributed by atoms with Crippen LogP contribution < -0.4 is 10.7 Å². The summed E-state index contributed by atoms with van der Waals surface area (Å²) in [7, 11) is 0. The smallest absolute Gasteiger partial charge is 0.282 e. The van der Waals surface area contributed by atoms with Gasteiger partial charge in [0.05, 0.1) is 10.2 Å². The number of fused-ring (bicyclic) bond motifs is 1. The van der Waals surface area contributed by atoms with Crippen LogP contribution in [0.4, 0.5) is 9.93 Å². The van der Waals surface area contributed by atoms with Crippen molar-refractivity contribution in [3.8, 4) is 0 Å². The minimum atomic E-state index is -0.706. The summed E-state index contributed by atoms with van der Waals surface area (Å²) in [5, 5.41) is 4.17. The van der Waals surface area contributed by atoms with E-state index in [2.05, 4.69) is 15.7 Å². The van der Waals surface area contributed by atoms with E-state index in [0.717, 1.165) is 15.8 Å². The van der Waals surface area contributed by atoms with Gasteiger partial charge in [0, 0.05) is 5.02 Å². The van der Waals surface area contributed by atoms with Gasteiger partial charge in [-0.1, -0.05) is 53.3 Å². The number of carbonyl (C=O) groups excluding carboxylic acids is 2. The number of alkyl halides is 1. The van der Waals surface area contributed by atoms with Gasteiger partial charge in [-0.3, -0.25) is 10.1 Å². The number of hydrogen-bond acceptors (Lipinski definition) is 4. The molecule has 0 radical (unpaired) electrons. The summed E-state index contributed by atoms with van der Waals surface area (Å²) in [6.45, 7) is 0. The zero-order chi connectivity index (χ0) is 18.3. The van der Waals surface area contributed by atoms with E-state index in [-0.39, 0.29) is 5.91 Å². The lowest BCUT2D eigenvalue weighted by Crippen LogP contribution is -2.63. The summed E-state index contributed by atoms with van der Waals surface area (Å²) >= 11 is 13.4. The van der Waals surface area contributed by atoms with E-state index in [4.69, 9.17) is 23.2 Å². The molecule has 4 rings (SSSR count). The normalized spacial score (nSPS) is 19.3. The standard InChI is InChI=1S/C17H12Cl2N4O2S/c18-10-6-7-11-12(8-10)26-17(20-11)21-16(25)22-23-14(13(19)15(23)24)9-4-2-1-3-5-9/h1-8,13-14H,(H2,20,21,22,25). The van der Waals surface area contributed by atoms with Crippen LogP contribution >= 0.6 is 34.5 Å².